The van der Waals surface area contributed by atoms with E-state index >= 15 is 0 Å². The number of hydrogen-bond donors (Lipinski definition) is 2. The molecule has 0 unspecified atom stereocenters. The molecule has 1 fully saturated rings. The molecule has 5 heteroatoms. The Morgan fingerprint density at radius 2 is 2.39 bits per heavy atom. The van der Waals surface area contributed by atoms with E-state index in [9.17, 15) is 0 Å². The average molecular weight is 328 g/mol. The van der Waals surface area contributed by atoms with Crippen LogP contribution < -0.4 is 11.1 Å². The second-order valence-corrected chi connectivity index (χ2v) is 7.07. The van der Waals surface area contributed by atoms with Crippen LogP contribution in [0.4, 0.5) is 0 Å². The van der Waals surface area contributed by atoms with Crippen molar-refractivity contribution >= 4 is 33.2 Å². The van der Waals surface area contributed by atoms with Gasteiger partial charge in [0.15, 0.2) is 5.96 Å². The molecule has 1 saturated carbocycles. The van der Waals surface area contributed by atoms with Crippen molar-refractivity contribution < 1.29 is 0 Å². The quantitative estimate of drug-likeness (QED) is 0.496. The van der Waals surface area contributed by atoms with Crippen molar-refractivity contribution in [1.29, 1.82) is 0 Å². The molecule has 2 rings (SSSR count). The standard InChI is InChI=1S/C13H18BrN3S/c1-2-8-16-12(15)17-9-13(6-3-7-13)10-4-5-11(14)18-10/h2,4-5H,1,3,6-9H2,(H3,15,16,17). The summed E-state index contributed by atoms with van der Waals surface area (Å²) in [5.74, 6) is 0.511. The Morgan fingerprint density at radius 3 is 2.89 bits per heavy atom. The molecule has 0 aromatic carbocycles. The minimum atomic E-state index is 0.219. The molecule has 0 saturated heterocycles. The Kier molecular flexibility index (Phi) is 4.45. The van der Waals surface area contributed by atoms with Gasteiger partial charge in [-0.05, 0) is 40.9 Å². The fourth-order valence-electron chi connectivity index (χ4n) is 2.15. The predicted octanol–water partition coefficient (Wildman–Crippen LogP) is 3.02. The number of nitrogens with two attached hydrogens (primary N) is 1. The topological polar surface area (TPSA) is 50.4 Å². The summed E-state index contributed by atoms with van der Waals surface area (Å²) < 4.78 is 1.19. The van der Waals surface area contributed by atoms with Crippen molar-refractivity contribution in [3.05, 3.63) is 33.5 Å². The molecule has 1 aromatic heterocycles. The van der Waals surface area contributed by atoms with Crippen molar-refractivity contribution in [2.75, 3.05) is 13.1 Å². The second kappa shape index (κ2) is 5.89. The maximum absolute atomic E-state index is 5.81. The van der Waals surface area contributed by atoms with E-state index in [0.29, 0.717) is 12.5 Å². The third kappa shape index (κ3) is 2.95. The summed E-state index contributed by atoms with van der Waals surface area (Å²) in [4.78, 5) is 5.89. The first-order chi connectivity index (χ1) is 8.66. The zero-order valence-electron chi connectivity index (χ0n) is 10.3. The SMILES string of the molecule is C=CCNC(N)=NCC1(c2ccc(Br)s2)CCC1. The number of nitrogens with zero attached hydrogens (tertiary/aromatic N) is 1. The minimum Gasteiger partial charge on any atom is -0.370 e. The third-order valence-corrected chi connectivity index (χ3v) is 5.26. The summed E-state index contributed by atoms with van der Waals surface area (Å²) in [5.41, 5.74) is 6.03. The van der Waals surface area contributed by atoms with E-state index in [1.54, 1.807) is 6.08 Å². The van der Waals surface area contributed by atoms with Crippen LogP contribution >= 0.6 is 27.3 Å². The molecule has 1 aliphatic rings. The normalized spacial score (nSPS) is 18.2. The molecule has 98 valence electrons. The van der Waals surface area contributed by atoms with Crippen LogP contribution in [0.3, 0.4) is 0 Å². The zero-order chi connectivity index (χ0) is 13.0. The summed E-state index contributed by atoms with van der Waals surface area (Å²) in [5, 5.41) is 3.01. The summed E-state index contributed by atoms with van der Waals surface area (Å²) in [7, 11) is 0. The highest BCUT2D eigenvalue weighted by atomic mass is 79.9. The van der Waals surface area contributed by atoms with Crippen molar-refractivity contribution in [3.8, 4) is 0 Å². The van der Waals surface area contributed by atoms with E-state index in [2.05, 4.69) is 45.0 Å². The van der Waals surface area contributed by atoms with Gasteiger partial charge in [-0.3, -0.25) is 4.99 Å². The van der Waals surface area contributed by atoms with Crippen LogP contribution in [0.25, 0.3) is 0 Å². The first kappa shape index (κ1) is 13.6. The molecular weight excluding hydrogens is 310 g/mol. The van der Waals surface area contributed by atoms with Gasteiger partial charge in [-0.15, -0.1) is 17.9 Å². The number of halogens is 1. The first-order valence-corrected chi connectivity index (χ1v) is 7.68. The summed E-state index contributed by atoms with van der Waals surface area (Å²) in [6.45, 7) is 5.08. The van der Waals surface area contributed by atoms with Gasteiger partial charge in [0.25, 0.3) is 0 Å². The Labute approximate surface area is 120 Å². The molecule has 1 aromatic rings. The summed E-state index contributed by atoms with van der Waals surface area (Å²) >= 11 is 5.34. The fraction of sp³-hybridized carbons (Fsp3) is 0.462. The van der Waals surface area contributed by atoms with Crippen molar-refractivity contribution in [2.24, 2.45) is 10.7 Å². The van der Waals surface area contributed by atoms with Crippen LogP contribution in [0.2, 0.25) is 0 Å². The molecule has 1 aliphatic carbocycles. The van der Waals surface area contributed by atoms with Crippen molar-refractivity contribution in [3.63, 3.8) is 0 Å². The molecular formula is C13H18BrN3S. The van der Waals surface area contributed by atoms with Crippen LogP contribution in [0.15, 0.2) is 33.6 Å². The maximum Gasteiger partial charge on any atom is 0.188 e. The molecule has 3 N–H and O–H groups in total. The highest BCUT2D eigenvalue weighted by molar-refractivity contribution is 9.11. The van der Waals surface area contributed by atoms with Crippen LogP contribution in [0.1, 0.15) is 24.1 Å². The Bertz CT molecular complexity index is 449. The lowest BCUT2D eigenvalue weighted by Gasteiger charge is -2.40. The molecule has 0 aliphatic heterocycles. The van der Waals surface area contributed by atoms with Gasteiger partial charge in [-0.2, -0.15) is 0 Å². The highest BCUT2D eigenvalue weighted by Gasteiger charge is 2.39. The predicted molar refractivity (Wildman–Crippen MR) is 82.2 cm³/mol. The van der Waals surface area contributed by atoms with Crippen LogP contribution in [-0.2, 0) is 5.41 Å². The number of aliphatic imine (C=N–C) groups is 1. The van der Waals surface area contributed by atoms with Crippen molar-refractivity contribution in [1.82, 2.24) is 5.32 Å². The van der Waals surface area contributed by atoms with Crippen LogP contribution in [0, 0.1) is 0 Å². The average Bonchev–Trinajstić information content (AvgIpc) is 2.72. The van der Waals surface area contributed by atoms with Crippen LogP contribution in [-0.4, -0.2) is 19.0 Å². The molecule has 0 spiro atoms. The Morgan fingerprint density at radius 1 is 1.61 bits per heavy atom. The lowest BCUT2D eigenvalue weighted by Crippen LogP contribution is -2.39. The van der Waals surface area contributed by atoms with E-state index < -0.39 is 0 Å². The molecule has 1 heterocycles. The van der Waals surface area contributed by atoms with Crippen LogP contribution in [0.5, 0.6) is 0 Å². The Hall–Kier alpha value is -0.810. The first-order valence-electron chi connectivity index (χ1n) is 6.07. The fourth-order valence-corrected chi connectivity index (χ4v) is 3.78. The van der Waals surface area contributed by atoms with Gasteiger partial charge < -0.3 is 11.1 Å². The van der Waals surface area contributed by atoms with E-state index in [1.807, 2.05) is 11.3 Å². The largest absolute Gasteiger partial charge is 0.370 e. The highest BCUT2D eigenvalue weighted by Crippen LogP contribution is 2.47. The maximum atomic E-state index is 5.81. The smallest absolute Gasteiger partial charge is 0.188 e. The van der Waals surface area contributed by atoms with Gasteiger partial charge in [0, 0.05) is 16.8 Å². The van der Waals surface area contributed by atoms with Gasteiger partial charge in [0.05, 0.1) is 10.3 Å². The van der Waals surface area contributed by atoms with Crippen molar-refractivity contribution in [2.45, 2.75) is 24.7 Å². The number of thiophene rings is 1. The molecule has 3 nitrogen and oxygen atoms in total. The van der Waals surface area contributed by atoms with E-state index in [0.717, 1.165) is 6.54 Å². The number of nitrogens with one attached hydrogen (secondary N) is 1. The van der Waals surface area contributed by atoms with E-state index in [4.69, 9.17) is 5.73 Å². The number of hydrogen-bond acceptors (Lipinski definition) is 2. The van der Waals surface area contributed by atoms with Gasteiger partial charge in [0.2, 0.25) is 0 Å². The molecule has 18 heavy (non-hydrogen) atoms. The third-order valence-electron chi connectivity index (χ3n) is 3.39. The summed E-state index contributed by atoms with van der Waals surface area (Å²) in [6, 6.07) is 4.32. The van der Waals surface area contributed by atoms with Gasteiger partial charge in [-0.1, -0.05) is 12.5 Å². The molecule has 0 amide bonds. The van der Waals surface area contributed by atoms with Gasteiger partial charge in [0.1, 0.15) is 0 Å². The number of guanidine groups is 1. The lowest BCUT2D eigenvalue weighted by molar-refractivity contribution is 0.259. The number of rotatable bonds is 5. The van der Waals surface area contributed by atoms with Gasteiger partial charge >= 0.3 is 0 Å². The monoisotopic (exact) mass is 327 g/mol. The molecule has 0 atom stereocenters. The summed E-state index contributed by atoms with van der Waals surface area (Å²) in [6.07, 6.45) is 5.47. The second-order valence-electron chi connectivity index (χ2n) is 4.61. The lowest BCUT2D eigenvalue weighted by atomic mass is 9.68. The van der Waals surface area contributed by atoms with E-state index in [-0.39, 0.29) is 5.41 Å². The molecule has 0 radical (unpaired) electrons. The molecule has 0 bridgehead atoms. The van der Waals surface area contributed by atoms with E-state index in [1.165, 1.54) is 27.9 Å². The zero-order valence-corrected chi connectivity index (χ0v) is 12.7. The van der Waals surface area contributed by atoms with Gasteiger partial charge in [-0.25, -0.2) is 0 Å². The Balaban J connectivity index is 2.03. The minimum absolute atomic E-state index is 0.219.